The van der Waals surface area contributed by atoms with Crippen molar-refractivity contribution in [3.8, 4) is 0 Å². The lowest BCUT2D eigenvalue weighted by molar-refractivity contribution is -0.211. The normalized spacial score (nSPS) is 31.2. The molecule has 1 aliphatic heterocycles. The van der Waals surface area contributed by atoms with Crippen LogP contribution >= 0.6 is 11.8 Å². The Balaban J connectivity index is 1.86. The summed E-state index contributed by atoms with van der Waals surface area (Å²) >= 11 is 0.971. The maximum absolute atomic E-state index is 11.6. The molecule has 10 nitrogen and oxygen atoms in total. The van der Waals surface area contributed by atoms with E-state index in [-0.39, 0.29) is 0 Å². The zero-order valence-electron chi connectivity index (χ0n) is 11.9. The van der Waals surface area contributed by atoms with Crippen LogP contribution in [-0.2, 0) is 14.3 Å². The van der Waals surface area contributed by atoms with E-state index in [2.05, 4.69) is 24.7 Å². The van der Waals surface area contributed by atoms with Crippen molar-refractivity contribution in [2.45, 2.75) is 34.9 Å². The molecular formula is C12H14N4O6S. The Morgan fingerprint density at radius 1 is 1.26 bits per heavy atom. The Morgan fingerprint density at radius 3 is 2.78 bits per heavy atom. The molecular weight excluding hydrogens is 328 g/mol. The maximum Gasteiger partial charge on any atom is 0.337 e. The molecule has 0 saturated carbocycles. The number of hydrogen-bond donors (Lipinski definition) is 4. The molecule has 1 saturated heterocycles. The highest BCUT2D eigenvalue weighted by molar-refractivity contribution is 8.00. The molecule has 0 bridgehead atoms. The van der Waals surface area contributed by atoms with Crippen molar-refractivity contribution in [1.29, 1.82) is 0 Å². The fourth-order valence-corrected chi connectivity index (χ4v) is 3.27. The number of carbonyl (C=O) groups is 1. The first-order valence-electron chi connectivity index (χ1n) is 6.61. The largest absolute Gasteiger partial charge is 0.467 e. The van der Waals surface area contributed by atoms with E-state index in [1.165, 1.54) is 12.7 Å². The quantitative estimate of drug-likeness (QED) is 0.380. The third kappa shape index (κ3) is 2.88. The number of rotatable bonds is 3. The molecule has 2 aromatic heterocycles. The summed E-state index contributed by atoms with van der Waals surface area (Å²) in [5.41, 5.74) is -0.0830. The molecule has 2 aromatic rings. The van der Waals surface area contributed by atoms with E-state index in [4.69, 9.17) is 4.74 Å². The van der Waals surface area contributed by atoms with E-state index in [1.807, 2.05) is 0 Å². The molecule has 124 valence electrons. The number of thioether (sulfide) groups is 1. The Kier molecular flexibility index (Phi) is 4.46. The van der Waals surface area contributed by atoms with Crippen molar-refractivity contribution in [3.05, 3.63) is 12.7 Å². The highest BCUT2D eigenvalue weighted by Crippen LogP contribution is 2.34. The van der Waals surface area contributed by atoms with Gasteiger partial charge < -0.3 is 29.8 Å². The van der Waals surface area contributed by atoms with Gasteiger partial charge >= 0.3 is 5.97 Å². The molecule has 0 aliphatic carbocycles. The second-order valence-electron chi connectivity index (χ2n) is 4.82. The van der Waals surface area contributed by atoms with Crippen LogP contribution in [-0.4, -0.2) is 78.2 Å². The Morgan fingerprint density at radius 2 is 2.04 bits per heavy atom. The SMILES string of the molecule is COC(=O)[C@@H]1O[C@@H](Sc2ncnc3nc[nH]c23)[C@@H](O)[C@@H](O)[C@@H]1O. The summed E-state index contributed by atoms with van der Waals surface area (Å²) < 4.78 is 9.93. The molecule has 0 aromatic carbocycles. The van der Waals surface area contributed by atoms with Gasteiger partial charge in [0.2, 0.25) is 0 Å². The number of hydrogen-bond acceptors (Lipinski definition) is 10. The van der Waals surface area contributed by atoms with Gasteiger partial charge in [-0.25, -0.2) is 19.7 Å². The lowest BCUT2D eigenvalue weighted by Crippen LogP contribution is -2.59. The number of imidazole rings is 1. The maximum atomic E-state index is 11.6. The van der Waals surface area contributed by atoms with Crippen LogP contribution in [0, 0.1) is 0 Å². The van der Waals surface area contributed by atoms with Crippen LogP contribution in [0.5, 0.6) is 0 Å². The fraction of sp³-hybridized carbons (Fsp3) is 0.500. The minimum Gasteiger partial charge on any atom is -0.467 e. The molecule has 11 heteroatoms. The monoisotopic (exact) mass is 342 g/mol. The Labute approximate surface area is 133 Å². The van der Waals surface area contributed by atoms with Crippen LogP contribution in [0.4, 0.5) is 0 Å². The average molecular weight is 342 g/mol. The first-order valence-corrected chi connectivity index (χ1v) is 7.49. The van der Waals surface area contributed by atoms with Crippen molar-refractivity contribution in [2.24, 2.45) is 0 Å². The number of nitrogens with zero attached hydrogens (tertiary/aromatic N) is 3. The number of methoxy groups -OCH3 is 1. The molecule has 5 atom stereocenters. The van der Waals surface area contributed by atoms with Gasteiger partial charge in [-0.15, -0.1) is 0 Å². The third-order valence-electron chi connectivity index (χ3n) is 3.42. The van der Waals surface area contributed by atoms with Gasteiger partial charge in [0.1, 0.15) is 40.6 Å². The molecule has 4 N–H and O–H groups in total. The highest BCUT2D eigenvalue weighted by atomic mass is 32.2. The van der Waals surface area contributed by atoms with Crippen LogP contribution in [0.2, 0.25) is 0 Å². The number of aliphatic hydroxyl groups is 3. The lowest BCUT2D eigenvalue weighted by atomic mass is 10.00. The summed E-state index contributed by atoms with van der Waals surface area (Å²) in [6.07, 6.45) is -3.25. The van der Waals surface area contributed by atoms with Gasteiger partial charge in [0, 0.05) is 0 Å². The molecule has 0 radical (unpaired) electrons. The second-order valence-corrected chi connectivity index (χ2v) is 5.90. The van der Waals surface area contributed by atoms with Crippen LogP contribution in [0.1, 0.15) is 0 Å². The topological polar surface area (TPSA) is 151 Å². The Hall–Kier alpha value is -1.79. The predicted molar refractivity (Wildman–Crippen MR) is 76.2 cm³/mol. The summed E-state index contributed by atoms with van der Waals surface area (Å²) in [5, 5.41) is 30.3. The number of aliphatic hydroxyl groups excluding tert-OH is 3. The van der Waals surface area contributed by atoms with E-state index in [0.29, 0.717) is 16.2 Å². The third-order valence-corrected chi connectivity index (χ3v) is 4.57. The number of aromatic nitrogens is 4. The van der Waals surface area contributed by atoms with Gasteiger partial charge in [-0.2, -0.15) is 0 Å². The van der Waals surface area contributed by atoms with E-state index >= 15 is 0 Å². The molecule has 0 amide bonds. The van der Waals surface area contributed by atoms with E-state index in [9.17, 15) is 20.1 Å². The number of esters is 1. The number of carbonyl (C=O) groups excluding carboxylic acids is 1. The summed E-state index contributed by atoms with van der Waals surface area (Å²) in [6, 6.07) is 0. The van der Waals surface area contributed by atoms with Crippen LogP contribution in [0.15, 0.2) is 17.7 Å². The van der Waals surface area contributed by atoms with Crippen molar-refractivity contribution in [2.75, 3.05) is 7.11 Å². The van der Waals surface area contributed by atoms with E-state index in [0.717, 1.165) is 18.9 Å². The van der Waals surface area contributed by atoms with Crippen LogP contribution < -0.4 is 0 Å². The van der Waals surface area contributed by atoms with Gasteiger partial charge in [0.05, 0.1) is 13.4 Å². The van der Waals surface area contributed by atoms with Crippen molar-refractivity contribution in [3.63, 3.8) is 0 Å². The fourth-order valence-electron chi connectivity index (χ4n) is 2.20. The minimum atomic E-state index is -1.59. The van der Waals surface area contributed by atoms with Gasteiger partial charge in [-0.1, -0.05) is 11.8 Å². The summed E-state index contributed by atoms with van der Waals surface area (Å²) in [7, 11) is 1.14. The van der Waals surface area contributed by atoms with E-state index in [1.54, 1.807) is 0 Å². The predicted octanol–water partition coefficient (Wildman–Crippen LogP) is -1.57. The summed E-state index contributed by atoms with van der Waals surface area (Å²) in [4.78, 5) is 26.5. The first-order chi connectivity index (χ1) is 11.0. The van der Waals surface area contributed by atoms with Crippen LogP contribution in [0.3, 0.4) is 0 Å². The van der Waals surface area contributed by atoms with Crippen LogP contribution in [0.25, 0.3) is 11.2 Å². The zero-order chi connectivity index (χ0) is 16.6. The molecule has 0 unspecified atom stereocenters. The number of nitrogens with one attached hydrogen (secondary N) is 1. The second kappa shape index (κ2) is 6.37. The number of ether oxygens (including phenoxy) is 2. The Bertz CT molecular complexity index is 712. The number of aromatic amines is 1. The molecule has 3 rings (SSSR count). The van der Waals surface area contributed by atoms with Crippen molar-refractivity contribution < 1.29 is 29.6 Å². The van der Waals surface area contributed by atoms with Crippen molar-refractivity contribution >= 4 is 28.9 Å². The zero-order valence-corrected chi connectivity index (χ0v) is 12.7. The molecule has 0 spiro atoms. The summed E-state index contributed by atoms with van der Waals surface area (Å²) in [6.45, 7) is 0. The lowest BCUT2D eigenvalue weighted by Gasteiger charge is -2.38. The van der Waals surface area contributed by atoms with Gasteiger partial charge in [-0.3, -0.25) is 0 Å². The minimum absolute atomic E-state index is 0.420. The van der Waals surface area contributed by atoms with Crippen molar-refractivity contribution in [1.82, 2.24) is 19.9 Å². The molecule has 1 fully saturated rings. The highest BCUT2D eigenvalue weighted by Gasteiger charge is 2.47. The summed E-state index contributed by atoms with van der Waals surface area (Å²) in [5.74, 6) is -0.844. The molecule has 3 heterocycles. The number of H-pyrrole nitrogens is 1. The van der Waals surface area contributed by atoms with Gasteiger partial charge in [0.25, 0.3) is 0 Å². The molecule has 23 heavy (non-hydrogen) atoms. The molecule has 1 aliphatic rings. The average Bonchev–Trinajstić information content (AvgIpc) is 3.04. The standard InChI is InChI=1S/C12H14N4O6S/c1-21-11(20)8-6(18)5(17)7(19)12(22-8)23-10-4-9(14-2-13-4)15-3-16-10/h2-3,5-8,12,17-19H,1H3,(H,13,14,15,16)/t5-,6-,7-,8+,12-/m0/s1. The van der Waals surface area contributed by atoms with Gasteiger partial charge in [0.15, 0.2) is 11.8 Å². The number of fused-ring (bicyclic) bond motifs is 1. The van der Waals surface area contributed by atoms with Gasteiger partial charge in [-0.05, 0) is 0 Å². The van der Waals surface area contributed by atoms with E-state index < -0.39 is 35.8 Å². The first kappa shape index (κ1) is 16.1. The smallest absolute Gasteiger partial charge is 0.337 e.